The molecule has 138 valence electrons. The van der Waals surface area contributed by atoms with Crippen LogP contribution in [0.25, 0.3) is 0 Å². The van der Waals surface area contributed by atoms with E-state index in [4.69, 9.17) is 16.3 Å². The first-order valence-corrected chi connectivity index (χ1v) is 10.0. The van der Waals surface area contributed by atoms with Crippen LogP contribution in [-0.2, 0) is 6.54 Å². The smallest absolute Gasteiger partial charge is 0.251 e. The summed E-state index contributed by atoms with van der Waals surface area (Å²) in [7, 11) is 0. The number of carbonyl (C=O) groups excluding carboxylic acids is 1. The lowest BCUT2D eigenvalue weighted by molar-refractivity contribution is 0.0951. The van der Waals surface area contributed by atoms with Gasteiger partial charge in [-0.25, -0.2) is 0 Å². The van der Waals surface area contributed by atoms with Crippen LogP contribution in [0.4, 0.5) is 0 Å². The van der Waals surface area contributed by atoms with E-state index in [1.54, 1.807) is 23.9 Å². The number of rotatable bonds is 8. The van der Waals surface area contributed by atoms with E-state index >= 15 is 0 Å². The third kappa shape index (κ3) is 6.05. The molecule has 5 heteroatoms. The number of amides is 1. The van der Waals surface area contributed by atoms with E-state index in [2.05, 4.69) is 17.4 Å². The van der Waals surface area contributed by atoms with Crippen LogP contribution in [-0.4, -0.2) is 18.3 Å². The van der Waals surface area contributed by atoms with Crippen LogP contribution in [0.15, 0.2) is 83.8 Å². The van der Waals surface area contributed by atoms with Crippen LogP contribution in [0.2, 0.25) is 5.02 Å². The normalized spacial score (nSPS) is 10.4. The Kier molecular flexibility index (Phi) is 7.19. The number of hydrogen-bond donors (Lipinski definition) is 1. The average molecular weight is 398 g/mol. The van der Waals surface area contributed by atoms with Gasteiger partial charge < -0.3 is 10.1 Å². The maximum absolute atomic E-state index is 12.3. The van der Waals surface area contributed by atoms with Gasteiger partial charge in [0.05, 0.1) is 6.61 Å². The zero-order valence-electron chi connectivity index (χ0n) is 14.7. The van der Waals surface area contributed by atoms with Gasteiger partial charge in [-0.3, -0.25) is 4.79 Å². The first-order chi connectivity index (χ1) is 13.2. The molecule has 0 aromatic heterocycles. The Morgan fingerprint density at radius 3 is 2.37 bits per heavy atom. The van der Waals surface area contributed by atoms with Gasteiger partial charge in [0.2, 0.25) is 0 Å². The quantitative estimate of drug-likeness (QED) is 0.406. The molecule has 0 saturated carbocycles. The molecule has 0 saturated heterocycles. The SMILES string of the molecule is O=C(NCc1ccccc1Cl)c1ccc(OCCSc2ccccc2)cc1. The van der Waals surface area contributed by atoms with E-state index in [1.807, 2.05) is 54.6 Å². The minimum atomic E-state index is -0.138. The summed E-state index contributed by atoms with van der Waals surface area (Å²) in [6.07, 6.45) is 0. The second kappa shape index (κ2) is 10.0. The number of halogens is 1. The Morgan fingerprint density at radius 1 is 0.926 bits per heavy atom. The van der Waals surface area contributed by atoms with E-state index in [-0.39, 0.29) is 5.91 Å². The lowest BCUT2D eigenvalue weighted by Gasteiger charge is -2.09. The van der Waals surface area contributed by atoms with Gasteiger partial charge in [0.1, 0.15) is 5.75 Å². The molecule has 0 fully saturated rings. The molecule has 3 rings (SSSR count). The van der Waals surface area contributed by atoms with Gasteiger partial charge in [-0.15, -0.1) is 11.8 Å². The highest BCUT2D eigenvalue weighted by molar-refractivity contribution is 7.99. The second-order valence-corrected chi connectivity index (χ2v) is 7.38. The standard InChI is InChI=1S/C22H20ClNO2S/c23-21-9-5-4-6-18(21)16-24-22(25)17-10-12-19(13-11-17)26-14-15-27-20-7-2-1-3-8-20/h1-13H,14-16H2,(H,24,25). The lowest BCUT2D eigenvalue weighted by atomic mass is 10.2. The predicted octanol–water partition coefficient (Wildman–Crippen LogP) is 5.44. The third-order valence-corrected chi connectivity index (χ3v) is 5.22. The number of carbonyl (C=O) groups is 1. The fraction of sp³-hybridized carbons (Fsp3) is 0.136. The van der Waals surface area contributed by atoms with Crippen molar-refractivity contribution in [3.63, 3.8) is 0 Å². The van der Waals surface area contributed by atoms with Crippen LogP contribution in [0.1, 0.15) is 15.9 Å². The Balaban J connectivity index is 1.43. The van der Waals surface area contributed by atoms with Crippen molar-refractivity contribution in [1.29, 1.82) is 0 Å². The van der Waals surface area contributed by atoms with E-state index < -0.39 is 0 Å². The fourth-order valence-electron chi connectivity index (χ4n) is 2.46. The first kappa shape index (κ1) is 19.3. The van der Waals surface area contributed by atoms with Crippen molar-refractivity contribution in [3.8, 4) is 5.75 Å². The van der Waals surface area contributed by atoms with Crippen molar-refractivity contribution in [2.24, 2.45) is 0 Å². The minimum Gasteiger partial charge on any atom is -0.493 e. The number of hydrogen-bond acceptors (Lipinski definition) is 3. The van der Waals surface area contributed by atoms with Gasteiger partial charge in [0, 0.05) is 27.8 Å². The highest BCUT2D eigenvalue weighted by atomic mass is 35.5. The van der Waals surface area contributed by atoms with Crippen LogP contribution < -0.4 is 10.1 Å². The summed E-state index contributed by atoms with van der Waals surface area (Å²) in [5.41, 5.74) is 1.48. The molecule has 0 heterocycles. The number of nitrogens with one attached hydrogen (secondary N) is 1. The molecule has 27 heavy (non-hydrogen) atoms. The first-order valence-electron chi connectivity index (χ1n) is 8.65. The molecule has 3 nitrogen and oxygen atoms in total. The molecule has 1 amide bonds. The Hall–Kier alpha value is -2.43. The third-order valence-electron chi connectivity index (χ3n) is 3.88. The maximum atomic E-state index is 12.3. The van der Waals surface area contributed by atoms with Gasteiger partial charge in [-0.05, 0) is 48.0 Å². The molecule has 0 aliphatic rings. The largest absolute Gasteiger partial charge is 0.493 e. The molecule has 3 aromatic carbocycles. The lowest BCUT2D eigenvalue weighted by Crippen LogP contribution is -2.22. The Morgan fingerprint density at radius 2 is 1.63 bits per heavy atom. The van der Waals surface area contributed by atoms with Gasteiger partial charge in [-0.1, -0.05) is 48.0 Å². The zero-order chi connectivity index (χ0) is 18.9. The number of thioether (sulfide) groups is 1. The van der Waals surface area contributed by atoms with Crippen LogP contribution in [0.3, 0.4) is 0 Å². The molecule has 1 N–H and O–H groups in total. The van der Waals surface area contributed by atoms with Gasteiger partial charge in [-0.2, -0.15) is 0 Å². The summed E-state index contributed by atoms with van der Waals surface area (Å²) in [5.74, 6) is 1.48. The van der Waals surface area contributed by atoms with Gasteiger partial charge in [0.25, 0.3) is 5.91 Å². The molecular weight excluding hydrogens is 378 g/mol. The van der Waals surface area contributed by atoms with Gasteiger partial charge in [0.15, 0.2) is 0 Å². The summed E-state index contributed by atoms with van der Waals surface area (Å²) in [6, 6.07) is 24.9. The van der Waals surface area contributed by atoms with E-state index in [9.17, 15) is 4.79 Å². The van der Waals surface area contributed by atoms with Crippen molar-refractivity contribution in [1.82, 2.24) is 5.32 Å². The maximum Gasteiger partial charge on any atom is 0.251 e. The van der Waals surface area contributed by atoms with Crippen LogP contribution >= 0.6 is 23.4 Å². The van der Waals surface area contributed by atoms with Crippen LogP contribution in [0, 0.1) is 0 Å². The van der Waals surface area contributed by atoms with Crippen molar-refractivity contribution in [2.45, 2.75) is 11.4 Å². The molecule has 0 aliphatic heterocycles. The monoisotopic (exact) mass is 397 g/mol. The topological polar surface area (TPSA) is 38.3 Å². The van der Waals surface area contributed by atoms with Gasteiger partial charge >= 0.3 is 0 Å². The number of ether oxygens (including phenoxy) is 1. The van der Waals surface area contributed by atoms with Crippen molar-refractivity contribution < 1.29 is 9.53 Å². The summed E-state index contributed by atoms with van der Waals surface area (Å²) in [4.78, 5) is 13.5. The predicted molar refractivity (Wildman–Crippen MR) is 112 cm³/mol. The molecule has 0 spiro atoms. The highest BCUT2D eigenvalue weighted by Gasteiger charge is 2.07. The highest BCUT2D eigenvalue weighted by Crippen LogP contribution is 2.18. The Labute approximate surface area is 168 Å². The van der Waals surface area contributed by atoms with Crippen LogP contribution in [0.5, 0.6) is 5.75 Å². The average Bonchev–Trinajstić information content (AvgIpc) is 2.72. The molecule has 0 aliphatic carbocycles. The van der Waals surface area contributed by atoms with Crippen molar-refractivity contribution in [2.75, 3.05) is 12.4 Å². The van der Waals surface area contributed by atoms with Crippen molar-refractivity contribution >= 4 is 29.3 Å². The molecule has 0 atom stereocenters. The summed E-state index contributed by atoms with van der Waals surface area (Å²) in [6.45, 7) is 1.01. The summed E-state index contributed by atoms with van der Waals surface area (Å²) in [5, 5.41) is 3.53. The fourth-order valence-corrected chi connectivity index (χ4v) is 3.41. The molecule has 0 radical (unpaired) electrons. The second-order valence-electron chi connectivity index (χ2n) is 5.81. The number of benzene rings is 3. The van der Waals surface area contributed by atoms with E-state index in [1.165, 1.54) is 4.90 Å². The minimum absolute atomic E-state index is 0.138. The van der Waals surface area contributed by atoms with E-state index in [0.717, 1.165) is 17.1 Å². The molecular formula is C22H20ClNO2S. The van der Waals surface area contributed by atoms with Crippen molar-refractivity contribution in [3.05, 3.63) is 95.0 Å². The summed E-state index contributed by atoms with van der Waals surface area (Å²) < 4.78 is 5.74. The summed E-state index contributed by atoms with van der Waals surface area (Å²) >= 11 is 7.86. The molecule has 0 bridgehead atoms. The molecule has 0 unspecified atom stereocenters. The molecule has 3 aromatic rings. The zero-order valence-corrected chi connectivity index (χ0v) is 16.3. The van der Waals surface area contributed by atoms with E-state index in [0.29, 0.717) is 23.7 Å². The Bertz CT molecular complexity index is 869.